The normalized spacial score (nSPS) is 24.7. The Kier molecular flexibility index (Phi) is 4.93. The molecular formula is C12H22N2O3. The fourth-order valence-electron chi connectivity index (χ4n) is 2.16. The number of aliphatic carboxylic acids is 1. The van der Waals surface area contributed by atoms with Gasteiger partial charge in [0.2, 0.25) is 5.91 Å². The van der Waals surface area contributed by atoms with Crippen LogP contribution in [0.4, 0.5) is 0 Å². The number of carbonyl (C=O) groups is 2. The van der Waals surface area contributed by atoms with Gasteiger partial charge in [0.1, 0.15) is 0 Å². The van der Waals surface area contributed by atoms with Crippen molar-refractivity contribution >= 4 is 11.9 Å². The zero-order valence-corrected chi connectivity index (χ0v) is 10.7. The number of rotatable bonds is 5. The number of hydrogen-bond acceptors (Lipinski definition) is 3. The summed E-state index contributed by atoms with van der Waals surface area (Å²) in [6, 6.07) is 0. The van der Waals surface area contributed by atoms with E-state index < -0.39 is 11.4 Å². The van der Waals surface area contributed by atoms with Crippen molar-refractivity contribution in [1.29, 1.82) is 0 Å². The lowest BCUT2D eigenvalue weighted by Crippen LogP contribution is -2.48. The van der Waals surface area contributed by atoms with Crippen molar-refractivity contribution in [2.75, 3.05) is 26.2 Å². The second-order valence-electron chi connectivity index (χ2n) is 4.89. The Balaban J connectivity index is 2.49. The standard InChI is InChI=1S/C12H22N2O3/c1-3-13-7-5-10(15)14-8-4-6-12(2,9-14)11(16)17/h13H,3-9H2,1-2H3,(H,16,17). The SMILES string of the molecule is CCNCCC(=O)N1CCCC(C)(C(=O)O)C1. The Bertz CT molecular complexity index is 293. The zero-order valence-electron chi connectivity index (χ0n) is 10.7. The molecule has 0 bridgehead atoms. The van der Waals surface area contributed by atoms with E-state index in [1.807, 2.05) is 6.92 Å². The molecule has 0 saturated carbocycles. The van der Waals surface area contributed by atoms with E-state index >= 15 is 0 Å². The van der Waals surface area contributed by atoms with Gasteiger partial charge in [0.25, 0.3) is 0 Å². The molecule has 1 unspecified atom stereocenters. The Morgan fingerprint density at radius 1 is 1.47 bits per heavy atom. The van der Waals surface area contributed by atoms with Crippen LogP contribution in [0.1, 0.15) is 33.1 Å². The molecule has 98 valence electrons. The quantitative estimate of drug-likeness (QED) is 0.696. The van der Waals surface area contributed by atoms with Crippen LogP contribution < -0.4 is 5.32 Å². The molecule has 0 aromatic heterocycles. The van der Waals surface area contributed by atoms with Crippen LogP contribution in [0.15, 0.2) is 0 Å². The summed E-state index contributed by atoms with van der Waals surface area (Å²) in [5.74, 6) is -0.750. The highest BCUT2D eigenvalue weighted by molar-refractivity contribution is 5.79. The van der Waals surface area contributed by atoms with E-state index in [4.69, 9.17) is 5.11 Å². The van der Waals surface area contributed by atoms with E-state index in [1.165, 1.54) is 0 Å². The predicted molar refractivity (Wildman–Crippen MR) is 64.7 cm³/mol. The number of hydrogen-bond donors (Lipinski definition) is 2. The molecule has 1 rings (SSSR count). The van der Waals surface area contributed by atoms with Gasteiger partial charge in [-0.15, -0.1) is 0 Å². The van der Waals surface area contributed by atoms with E-state index in [1.54, 1.807) is 11.8 Å². The topological polar surface area (TPSA) is 69.6 Å². The lowest BCUT2D eigenvalue weighted by molar-refractivity contribution is -0.153. The maximum atomic E-state index is 11.9. The minimum Gasteiger partial charge on any atom is -0.481 e. The molecule has 1 amide bonds. The number of likely N-dealkylation sites (tertiary alicyclic amines) is 1. The van der Waals surface area contributed by atoms with Gasteiger partial charge in [0, 0.05) is 26.1 Å². The number of piperidine rings is 1. The highest BCUT2D eigenvalue weighted by atomic mass is 16.4. The third-order valence-corrected chi connectivity index (χ3v) is 3.33. The molecule has 1 aliphatic heterocycles. The van der Waals surface area contributed by atoms with Gasteiger partial charge in [-0.2, -0.15) is 0 Å². The van der Waals surface area contributed by atoms with E-state index in [9.17, 15) is 9.59 Å². The molecule has 0 aliphatic carbocycles. The molecule has 1 saturated heterocycles. The first-order valence-corrected chi connectivity index (χ1v) is 6.21. The summed E-state index contributed by atoms with van der Waals surface area (Å²) in [5.41, 5.74) is -0.772. The van der Waals surface area contributed by atoms with Gasteiger partial charge in [0.15, 0.2) is 0 Å². The summed E-state index contributed by atoms with van der Waals surface area (Å²) in [5, 5.41) is 12.3. The van der Waals surface area contributed by atoms with Crippen LogP contribution in [0.5, 0.6) is 0 Å². The maximum absolute atomic E-state index is 11.9. The van der Waals surface area contributed by atoms with Crippen molar-refractivity contribution in [2.45, 2.75) is 33.1 Å². The summed E-state index contributed by atoms with van der Waals surface area (Å²) in [6.07, 6.45) is 1.87. The molecule has 2 N–H and O–H groups in total. The molecule has 5 heteroatoms. The first kappa shape index (κ1) is 14.0. The van der Waals surface area contributed by atoms with Crippen LogP contribution >= 0.6 is 0 Å². The van der Waals surface area contributed by atoms with Crippen molar-refractivity contribution < 1.29 is 14.7 Å². The van der Waals surface area contributed by atoms with Gasteiger partial charge in [-0.1, -0.05) is 6.92 Å². The predicted octanol–water partition coefficient (Wildman–Crippen LogP) is 0.699. The van der Waals surface area contributed by atoms with Gasteiger partial charge in [-0.3, -0.25) is 9.59 Å². The van der Waals surface area contributed by atoms with Crippen molar-refractivity contribution in [3.05, 3.63) is 0 Å². The summed E-state index contributed by atoms with van der Waals surface area (Å²) in [4.78, 5) is 24.7. The molecule has 0 aromatic carbocycles. The van der Waals surface area contributed by atoms with Crippen molar-refractivity contribution in [3.63, 3.8) is 0 Å². The summed E-state index contributed by atoms with van der Waals surface area (Å²) < 4.78 is 0. The van der Waals surface area contributed by atoms with E-state index in [-0.39, 0.29) is 5.91 Å². The Morgan fingerprint density at radius 2 is 2.18 bits per heavy atom. The van der Waals surface area contributed by atoms with Crippen LogP contribution in [0.25, 0.3) is 0 Å². The number of amides is 1. The average molecular weight is 242 g/mol. The summed E-state index contributed by atoms with van der Waals surface area (Å²) in [6.45, 7) is 6.25. The van der Waals surface area contributed by atoms with Gasteiger partial charge in [-0.25, -0.2) is 0 Å². The van der Waals surface area contributed by atoms with E-state index in [2.05, 4.69) is 5.32 Å². The molecule has 5 nitrogen and oxygen atoms in total. The van der Waals surface area contributed by atoms with Crippen molar-refractivity contribution in [3.8, 4) is 0 Å². The maximum Gasteiger partial charge on any atom is 0.311 e. The number of carboxylic acids is 1. The molecule has 0 aromatic rings. The largest absolute Gasteiger partial charge is 0.481 e. The minimum absolute atomic E-state index is 0.0538. The lowest BCUT2D eigenvalue weighted by atomic mass is 9.82. The molecule has 17 heavy (non-hydrogen) atoms. The third-order valence-electron chi connectivity index (χ3n) is 3.33. The number of nitrogens with zero attached hydrogens (tertiary/aromatic N) is 1. The summed E-state index contributed by atoms with van der Waals surface area (Å²) in [7, 11) is 0. The minimum atomic E-state index is -0.804. The molecule has 1 fully saturated rings. The third kappa shape index (κ3) is 3.70. The fourth-order valence-corrected chi connectivity index (χ4v) is 2.16. The zero-order chi connectivity index (χ0) is 12.9. The van der Waals surface area contributed by atoms with Crippen molar-refractivity contribution in [1.82, 2.24) is 10.2 Å². The highest BCUT2D eigenvalue weighted by Gasteiger charge is 2.39. The summed E-state index contributed by atoms with van der Waals surface area (Å²) >= 11 is 0. The number of carboxylic acid groups (broad SMARTS) is 1. The second-order valence-corrected chi connectivity index (χ2v) is 4.89. The monoisotopic (exact) mass is 242 g/mol. The molecule has 1 aliphatic rings. The van der Waals surface area contributed by atoms with Crippen molar-refractivity contribution in [2.24, 2.45) is 5.41 Å². The van der Waals surface area contributed by atoms with Crippen LogP contribution in [0.3, 0.4) is 0 Å². The smallest absolute Gasteiger partial charge is 0.311 e. The average Bonchev–Trinajstić information content (AvgIpc) is 2.29. The van der Waals surface area contributed by atoms with Gasteiger partial charge >= 0.3 is 5.97 Å². The first-order chi connectivity index (χ1) is 7.99. The number of nitrogens with one attached hydrogen (secondary N) is 1. The molecular weight excluding hydrogens is 220 g/mol. The van der Waals surface area contributed by atoms with Crippen LogP contribution in [-0.2, 0) is 9.59 Å². The Hall–Kier alpha value is -1.10. The second kappa shape index (κ2) is 6.00. The molecule has 0 spiro atoms. The lowest BCUT2D eigenvalue weighted by Gasteiger charge is -2.37. The molecule has 1 atom stereocenters. The van der Waals surface area contributed by atoms with E-state index in [0.29, 0.717) is 32.5 Å². The van der Waals surface area contributed by atoms with Crippen LogP contribution in [-0.4, -0.2) is 48.1 Å². The number of carbonyl (C=O) groups excluding carboxylic acids is 1. The van der Waals surface area contributed by atoms with Gasteiger partial charge in [-0.05, 0) is 26.3 Å². The van der Waals surface area contributed by atoms with Gasteiger partial charge < -0.3 is 15.3 Å². The van der Waals surface area contributed by atoms with Gasteiger partial charge in [0.05, 0.1) is 5.41 Å². The van der Waals surface area contributed by atoms with Crippen LogP contribution in [0.2, 0.25) is 0 Å². The Labute approximate surface area is 102 Å². The first-order valence-electron chi connectivity index (χ1n) is 6.21. The fraction of sp³-hybridized carbons (Fsp3) is 0.833. The highest BCUT2D eigenvalue weighted by Crippen LogP contribution is 2.29. The Morgan fingerprint density at radius 3 is 2.76 bits per heavy atom. The molecule has 0 radical (unpaired) electrons. The molecule has 1 heterocycles. The van der Waals surface area contributed by atoms with Crippen LogP contribution in [0, 0.1) is 5.41 Å². The van der Waals surface area contributed by atoms with E-state index in [0.717, 1.165) is 13.0 Å².